The number of aliphatic hydroxyl groups excluding tert-OH is 1. The van der Waals surface area contributed by atoms with Crippen LogP contribution in [-0.4, -0.2) is 55.2 Å². The Morgan fingerprint density at radius 2 is 1.70 bits per heavy atom. The Morgan fingerprint density at radius 1 is 1.05 bits per heavy atom. The van der Waals surface area contributed by atoms with E-state index < -0.39 is 15.9 Å². The van der Waals surface area contributed by atoms with Crippen LogP contribution >= 0.6 is 0 Å². The van der Waals surface area contributed by atoms with Gasteiger partial charge in [0.2, 0.25) is 0 Å². The van der Waals surface area contributed by atoms with Crippen LogP contribution in [0.1, 0.15) is 24.3 Å². The highest BCUT2D eigenvalue weighted by Gasteiger charge is 2.40. The maximum Gasteiger partial charge on any atom is 0.154 e. The van der Waals surface area contributed by atoms with Crippen molar-refractivity contribution in [2.75, 3.05) is 24.6 Å². The molecule has 5 heteroatoms. The van der Waals surface area contributed by atoms with E-state index in [0.29, 0.717) is 5.92 Å². The summed E-state index contributed by atoms with van der Waals surface area (Å²) in [5.74, 6) is 0.600. The van der Waals surface area contributed by atoms with Gasteiger partial charge in [0.1, 0.15) is 0 Å². The zero-order chi connectivity index (χ0) is 14.2. The number of hydrogen-bond acceptors (Lipinski definition) is 4. The second kappa shape index (κ2) is 5.47. The SMILES string of the molecule is O=S1(=O)C[C@@H](O)[C@H](N2CCC(c3ccccc3)CC2)C1. The van der Waals surface area contributed by atoms with Crippen LogP contribution in [0.2, 0.25) is 0 Å². The van der Waals surface area contributed by atoms with Gasteiger partial charge in [-0.15, -0.1) is 0 Å². The fourth-order valence-corrected chi connectivity index (χ4v) is 5.28. The zero-order valence-electron chi connectivity index (χ0n) is 11.5. The van der Waals surface area contributed by atoms with Gasteiger partial charge in [-0.05, 0) is 37.4 Å². The molecule has 4 nitrogen and oxygen atoms in total. The molecule has 0 amide bonds. The molecule has 1 N–H and O–H groups in total. The van der Waals surface area contributed by atoms with Crippen molar-refractivity contribution in [3.63, 3.8) is 0 Å². The van der Waals surface area contributed by atoms with E-state index in [1.165, 1.54) is 5.56 Å². The lowest BCUT2D eigenvalue weighted by Crippen LogP contribution is -2.46. The summed E-state index contributed by atoms with van der Waals surface area (Å²) in [4.78, 5) is 2.16. The van der Waals surface area contributed by atoms with Gasteiger partial charge in [-0.2, -0.15) is 0 Å². The van der Waals surface area contributed by atoms with Crippen molar-refractivity contribution in [2.45, 2.75) is 30.9 Å². The molecule has 2 aliphatic rings. The lowest BCUT2D eigenvalue weighted by molar-refractivity contribution is 0.0664. The van der Waals surface area contributed by atoms with Crippen molar-refractivity contribution < 1.29 is 13.5 Å². The summed E-state index contributed by atoms with van der Waals surface area (Å²) in [5.41, 5.74) is 1.37. The van der Waals surface area contributed by atoms with Gasteiger partial charge in [0.05, 0.1) is 23.7 Å². The molecule has 0 unspecified atom stereocenters. The summed E-state index contributed by atoms with van der Waals surface area (Å²) in [6.07, 6.45) is 1.36. The maximum absolute atomic E-state index is 11.6. The van der Waals surface area contributed by atoms with E-state index in [0.717, 1.165) is 25.9 Å². The number of rotatable bonds is 2. The van der Waals surface area contributed by atoms with E-state index in [9.17, 15) is 13.5 Å². The second-order valence-corrected chi connectivity index (χ2v) is 8.09. The van der Waals surface area contributed by atoms with Gasteiger partial charge in [-0.3, -0.25) is 4.90 Å². The molecule has 0 saturated carbocycles. The standard InChI is InChI=1S/C15H21NO3S/c17-15-11-20(18,19)10-14(15)16-8-6-13(7-9-16)12-4-2-1-3-5-12/h1-5,13-15,17H,6-11H2/t14-,15-/m1/s1. The molecule has 2 aliphatic heterocycles. The Bertz CT molecular complexity index is 550. The Balaban J connectivity index is 1.62. The molecule has 0 aliphatic carbocycles. The Labute approximate surface area is 120 Å². The minimum Gasteiger partial charge on any atom is -0.390 e. The summed E-state index contributed by atoms with van der Waals surface area (Å²) in [7, 11) is -3.05. The van der Waals surface area contributed by atoms with Crippen LogP contribution in [0.25, 0.3) is 0 Å². The molecule has 20 heavy (non-hydrogen) atoms. The maximum atomic E-state index is 11.6. The third kappa shape index (κ3) is 2.90. The number of likely N-dealkylation sites (tertiary alicyclic amines) is 1. The van der Waals surface area contributed by atoms with Crippen molar-refractivity contribution in [1.82, 2.24) is 4.90 Å². The lowest BCUT2D eigenvalue weighted by Gasteiger charge is -2.36. The smallest absolute Gasteiger partial charge is 0.154 e. The Kier molecular flexibility index (Phi) is 3.84. The van der Waals surface area contributed by atoms with Crippen LogP contribution in [0.3, 0.4) is 0 Å². The van der Waals surface area contributed by atoms with E-state index in [2.05, 4.69) is 29.2 Å². The lowest BCUT2D eigenvalue weighted by atomic mass is 9.89. The molecule has 0 radical (unpaired) electrons. The molecule has 1 aromatic rings. The largest absolute Gasteiger partial charge is 0.390 e. The van der Waals surface area contributed by atoms with Gasteiger partial charge >= 0.3 is 0 Å². The van der Waals surface area contributed by atoms with E-state index in [-0.39, 0.29) is 17.5 Å². The Hall–Kier alpha value is -0.910. The Morgan fingerprint density at radius 3 is 2.25 bits per heavy atom. The normalized spacial score (nSPS) is 31.4. The topological polar surface area (TPSA) is 57.6 Å². The molecular formula is C15H21NO3S. The molecule has 2 heterocycles. The quantitative estimate of drug-likeness (QED) is 0.885. The summed E-state index contributed by atoms with van der Waals surface area (Å²) >= 11 is 0. The number of sulfone groups is 1. The highest BCUT2D eigenvalue weighted by molar-refractivity contribution is 7.91. The fourth-order valence-electron chi connectivity index (χ4n) is 3.45. The molecule has 2 saturated heterocycles. The summed E-state index contributed by atoms with van der Waals surface area (Å²) in [6, 6.07) is 10.3. The van der Waals surface area contributed by atoms with Crippen molar-refractivity contribution in [3.8, 4) is 0 Å². The molecule has 1 aromatic carbocycles. The predicted octanol–water partition coefficient (Wildman–Crippen LogP) is 1.02. The van der Waals surface area contributed by atoms with E-state index in [1.54, 1.807) is 0 Å². The van der Waals surface area contributed by atoms with E-state index in [4.69, 9.17) is 0 Å². The monoisotopic (exact) mass is 295 g/mol. The average Bonchev–Trinajstić information content (AvgIpc) is 2.73. The number of benzene rings is 1. The van der Waals surface area contributed by atoms with Crippen LogP contribution in [-0.2, 0) is 9.84 Å². The highest BCUT2D eigenvalue weighted by Crippen LogP contribution is 2.30. The van der Waals surface area contributed by atoms with Crippen molar-refractivity contribution in [3.05, 3.63) is 35.9 Å². The van der Waals surface area contributed by atoms with Gasteiger partial charge in [0.15, 0.2) is 9.84 Å². The first-order valence-corrected chi connectivity index (χ1v) is 9.05. The molecule has 0 bridgehead atoms. The summed E-state index contributed by atoms with van der Waals surface area (Å²) in [6.45, 7) is 1.74. The molecule has 3 rings (SSSR count). The molecule has 0 spiro atoms. The van der Waals surface area contributed by atoms with Crippen LogP contribution in [0.5, 0.6) is 0 Å². The third-order valence-electron chi connectivity index (χ3n) is 4.56. The van der Waals surface area contributed by atoms with Crippen LogP contribution in [0.15, 0.2) is 30.3 Å². The van der Waals surface area contributed by atoms with Gasteiger partial charge < -0.3 is 5.11 Å². The first-order chi connectivity index (χ1) is 9.55. The highest BCUT2D eigenvalue weighted by atomic mass is 32.2. The van der Waals surface area contributed by atoms with E-state index >= 15 is 0 Å². The van der Waals surface area contributed by atoms with Gasteiger partial charge in [-0.25, -0.2) is 8.42 Å². The third-order valence-corrected chi connectivity index (χ3v) is 6.26. The molecule has 110 valence electrons. The fraction of sp³-hybridized carbons (Fsp3) is 0.600. The average molecular weight is 295 g/mol. The number of hydrogen-bond donors (Lipinski definition) is 1. The van der Waals surface area contributed by atoms with Crippen LogP contribution in [0.4, 0.5) is 0 Å². The van der Waals surface area contributed by atoms with Gasteiger partial charge in [0.25, 0.3) is 0 Å². The zero-order valence-corrected chi connectivity index (χ0v) is 12.3. The summed E-state index contributed by atoms with van der Waals surface area (Å²) in [5, 5.41) is 9.94. The minimum absolute atomic E-state index is 0.0731. The molecule has 2 fully saturated rings. The minimum atomic E-state index is -3.05. The van der Waals surface area contributed by atoms with Crippen molar-refractivity contribution in [2.24, 2.45) is 0 Å². The first kappa shape index (κ1) is 14.0. The number of piperidine rings is 1. The van der Waals surface area contributed by atoms with Crippen molar-refractivity contribution in [1.29, 1.82) is 0 Å². The second-order valence-electron chi connectivity index (χ2n) is 5.93. The molecule has 2 atom stereocenters. The summed E-state index contributed by atoms with van der Waals surface area (Å²) < 4.78 is 23.2. The molecule has 0 aromatic heterocycles. The number of aliphatic hydroxyl groups is 1. The van der Waals surface area contributed by atoms with Crippen LogP contribution < -0.4 is 0 Å². The first-order valence-electron chi connectivity index (χ1n) is 7.23. The van der Waals surface area contributed by atoms with Gasteiger partial charge in [-0.1, -0.05) is 30.3 Å². The predicted molar refractivity (Wildman–Crippen MR) is 78.4 cm³/mol. The van der Waals surface area contributed by atoms with Crippen molar-refractivity contribution >= 4 is 9.84 Å². The number of nitrogens with zero attached hydrogens (tertiary/aromatic N) is 1. The van der Waals surface area contributed by atoms with Crippen LogP contribution in [0, 0.1) is 0 Å². The van der Waals surface area contributed by atoms with Gasteiger partial charge in [0, 0.05) is 0 Å². The van der Waals surface area contributed by atoms with E-state index in [1.807, 2.05) is 6.07 Å². The molecular weight excluding hydrogens is 274 g/mol.